The molecule has 0 spiro atoms. The third kappa shape index (κ3) is 3.98. The van der Waals surface area contributed by atoms with Crippen LogP contribution in [0, 0.1) is 5.92 Å². The standard InChI is InChI=1S/C20H26F2N2O3/c21-19(22)10-9-16(11-19)20(27,18(25)26)15-5-1-13(2-6-15)14-3-7-17(8-4-14)24-12-23/h1-2,5-6,12,14,16-17,27H,3-4,7-11H2,(H2,23,24)(H,25,26)/t14?,16-,17?,20?/m1/s1. The maximum Gasteiger partial charge on any atom is 0.340 e. The predicted octanol–water partition coefficient (Wildman–Crippen LogP) is 3.41. The van der Waals surface area contributed by atoms with E-state index in [1.165, 1.54) is 6.34 Å². The van der Waals surface area contributed by atoms with Crippen LogP contribution in [0.15, 0.2) is 29.3 Å². The molecule has 0 bridgehead atoms. The van der Waals surface area contributed by atoms with Gasteiger partial charge in [0.2, 0.25) is 5.92 Å². The number of halogens is 2. The number of carboxylic acids is 1. The Morgan fingerprint density at radius 3 is 2.30 bits per heavy atom. The van der Waals surface area contributed by atoms with Crippen LogP contribution in [0.4, 0.5) is 8.78 Å². The molecule has 2 fully saturated rings. The zero-order chi connectivity index (χ0) is 19.7. The summed E-state index contributed by atoms with van der Waals surface area (Å²) < 4.78 is 27.2. The average Bonchev–Trinajstić information content (AvgIpc) is 3.02. The van der Waals surface area contributed by atoms with Crippen LogP contribution >= 0.6 is 0 Å². The van der Waals surface area contributed by atoms with Gasteiger partial charge in [-0.05, 0) is 49.1 Å². The van der Waals surface area contributed by atoms with Crippen molar-refractivity contribution in [1.29, 1.82) is 0 Å². The van der Waals surface area contributed by atoms with Gasteiger partial charge in [-0.25, -0.2) is 13.6 Å². The molecule has 0 saturated heterocycles. The molecule has 1 aromatic carbocycles. The number of carboxylic acid groups (broad SMARTS) is 1. The number of aliphatic hydroxyl groups is 1. The van der Waals surface area contributed by atoms with E-state index in [9.17, 15) is 23.8 Å². The number of carbonyl (C=O) groups is 1. The Hall–Kier alpha value is -2.02. The average molecular weight is 380 g/mol. The summed E-state index contributed by atoms with van der Waals surface area (Å²) in [6.45, 7) is 0. The van der Waals surface area contributed by atoms with E-state index < -0.39 is 29.8 Å². The zero-order valence-corrected chi connectivity index (χ0v) is 15.2. The van der Waals surface area contributed by atoms with E-state index in [2.05, 4.69) is 4.99 Å². The molecular weight excluding hydrogens is 354 g/mol. The van der Waals surface area contributed by atoms with Crippen LogP contribution in [0.5, 0.6) is 0 Å². The smallest absolute Gasteiger partial charge is 0.340 e. The third-order valence-corrected chi connectivity index (χ3v) is 6.14. The van der Waals surface area contributed by atoms with Crippen molar-refractivity contribution in [1.82, 2.24) is 0 Å². The maximum atomic E-state index is 13.6. The highest BCUT2D eigenvalue weighted by molar-refractivity contribution is 5.79. The second-order valence-corrected chi connectivity index (χ2v) is 7.79. The van der Waals surface area contributed by atoms with Gasteiger partial charge in [0, 0.05) is 18.8 Å². The number of benzene rings is 1. The predicted molar refractivity (Wildman–Crippen MR) is 97.9 cm³/mol. The highest BCUT2D eigenvalue weighted by Gasteiger charge is 2.53. The summed E-state index contributed by atoms with van der Waals surface area (Å²) in [7, 11) is 0. The Bertz CT molecular complexity index is 700. The molecule has 1 aromatic rings. The van der Waals surface area contributed by atoms with Crippen molar-refractivity contribution in [2.45, 2.75) is 68.4 Å². The molecule has 2 aliphatic rings. The lowest BCUT2D eigenvalue weighted by atomic mass is 9.78. The minimum atomic E-state index is -2.92. The summed E-state index contributed by atoms with van der Waals surface area (Å²) in [4.78, 5) is 16.0. The Morgan fingerprint density at radius 2 is 1.81 bits per heavy atom. The minimum absolute atomic E-state index is 0.0107. The van der Waals surface area contributed by atoms with Gasteiger partial charge in [0.05, 0.1) is 12.4 Å². The number of nitrogens with zero attached hydrogens (tertiary/aromatic N) is 1. The van der Waals surface area contributed by atoms with E-state index in [0.29, 0.717) is 5.92 Å². The van der Waals surface area contributed by atoms with E-state index in [0.717, 1.165) is 31.2 Å². The molecule has 2 aliphatic carbocycles. The summed E-state index contributed by atoms with van der Waals surface area (Å²) in [5.41, 5.74) is 4.30. The Balaban J connectivity index is 1.76. The number of hydrogen-bond donors (Lipinski definition) is 3. The van der Waals surface area contributed by atoms with Gasteiger partial charge >= 0.3 is 5.97 Å². The van der Waals surface area contributed by atoms with Gasteiger partial charge in [0.15, 0.2) is 5.60 Å². The van der Waals surface area contributed by atoms with Gasteiger partial charge < -0.3 is 15.9 Å². The summed E-state index contributed by atoms with van der Waals surface area (Å²) in [6.07, 6.45) is 4.14. The van der Waals surface area contributed by atoms with Gasteiger partial charge in [-0.3, -0.25) is 4.99 Å². The lowest BCUT2D eigenvalue weighted by Crippen LogP contribution is -2.42. The largest absolute Gasteiger partial charge is 0.479 e. The molecule has 4 N–H and O–H groups in total. The molecular formula is C20H26F2N2O3. The molecule has 1 unspecified atom stereocenters. The molecule has 0 radical (unpaired) electrons. The molecule has 3 rings (SSSR count). The Morgan fingerprint density at radius 1 is 1.19 bits per heavy atom. The van der Waals surface area contributed by atoms with Crippen LogP contribution in [-0.2, 0) is 10.4 Å². The van der Waals surface area contributed by atoms with Gasteiger partial charge in [-0.15, -0.1) is 0 Å². The molecule has 0 heterocycles. The zero-order valence-electron chi connectivity index (χ0n) is 15.2. The van der Waals surface area contributed by atoms with Crippen molar-refractivity contribution in [3.8, 4) is 0 Å². The lowest BCUT2D eigenvalue weighted by Gasteiger charge is -2.31. The fraction of sp³-hybridized carbons (Fsp3) is 0.600. The summed E-state index contributed by atoms with van der Waals surface area (Å²) in [5.74, 6) is -5.05. The fourth-order valence-electron chi connectivity index (χ4n) is 4.53. The van der Waals surface area contributed by atoms with Crippen molar-refractivity contribution < 1.29 is 23.8 Å². The summed E-state index contributed by atoms with van der Waals surface area (Å²) in [5, 5.41) is 20.4. The van der Waals surface area contributed by atoms with Crippen molar-refractivity contribution in [3.05, 3.63) is 35.4 Å². The third-order valence-electron chi connectivity index (χ3n) is 6.14. The maximum absolute atomic E-state index is 13.6. The van der Waals surface area contributed by atoms with Crippen LogP contribution in [0.3, 0.4) is 0 Å². The van der Waals surface area contributed by atoms with Crippen LogP contribution in [0.2, 0.25) is 0 Å². The van der Waals surface area contributed by atoms with E-state index in [1.807, 2.05) is 12.1 Å². The first kappa shape index (κ1) is 19.7. The normalized spacial score (nSPS) is 30.3. The van der Waals surface area contributed by atoms with Gasteiger partial charge in [-0.1, -0.05) is 24.3 Å². The molecule has 2 atom stereocenters. The van der Waals surface area contributed by atoms with E-state index in [-0.39, 0.29) is 24.4 Å². The molecule has 0 aromatic heterocycles. The van der Waals surface area contributed by atoms with Crippen molar-refractivity contribution in [2.75, 3.05) is 0 Å². The first-order valence-electron chi connectivity index (χ1n) is 9.43. The molecule has 0 amide bonds. The topological polar surface area (TPSA) is 95.9 Å². The quantitative estimate of drug-likeness (QED) is 0.539. The van der Waals surface area contributed by atoms with Gasteiger partial charge in [0.1, 0.15) is 0 Å². The monoisotopic (exact) mass is 380 g/mol. The second-order valence-electron chi connectivity index (χ2n) is 7.79. The number of alkyl halides is 2. The minimum Gasteiger partial charge on any atom is -0.479 e. The number of aliphatic imine (C=N–C) groups is 1. The molecule has 0 aliphatic heterocycles. The number of rotatable bonds is 5. The second kappa shape index (κ2) is 7.54. The molecule has 27 heavy (non-hydrogen) atoms. The molecule has 2 saturated carbocycles. The van der Waals surface area contributed by atoms with Crippen molar-refractivity contribution in [2.24, 2.45) is 16.6 Å². The highest BCUT2D eigenvalue weighted by Crippen LogP contribution is 2.47. The molecule has 5 nitrogen and oxygen atoms in total. The van der Waals surface area contributed by atoms with Crippen LogP contribution in [-0.4, -0.2) is 34.5 Å². The number of aliphatic carboxylic acids is 1. The number of hydrogen-bond acceptors (Lipinski definition) is 3. The van der Waals surface area contributed by atoms with E-state index in [4.69, 9.17) is 5.73 Å². The number of nitrogens with two attached hydrogens (primary N) is 1. The lowest BCUT2D eigenvalue weighted by molar-refractivity contribution is -0.167. The summed E-state index contributed by atoms with van der Waals surface area (Å²) >= 11 is 0. The van der Waals surface area contributed by atoms with Crippen LogP contribution < -0.4 is 5.73 Å². The Labute approximate surface area is 157 Å². The Kier molecular flexibility index (Phi) is 5.51. The van der Waals surface area contributed by atoms with E-state index in [1.54, 1.807) is 12.1 Å². The van der Waals surface area contributed by atoms with Crippen molar-refractivity contribution >= 4 is 12.3 Å². The highest BCUT2D eigenvalue weighted by atomic mass is 19.3. The fourth-order valence-corrected chi connectivity index (χ4v) is 4.53. The van der Waals surface area contributed by atoms with E-state index >= 15 is 0 Å². The summed E-state index contributed by atoms with van der Waals surface area (Å²) in [6, 6.07) is 7.03. The van der Waals surface area contributed by atoms with Gasteiger partial charge in [-0.2, -0.15) is 0 Å². The molecule has 7 heteroatoms. The molecule has 148 valence electrons. The SMILES string of the molecule is NC=NC1CCC(c2ccc(C(O)(C(=O)O)[C@@H]3CCC(F)(F)C3)cc2)CC1. The van der Waals surface area contributed by atoms with Crippen LogP contribution in [0.25, 0.3) is 0 Å². The van der Waals surface area contributed by atoms with Crippen molar-refractivity contribution in [3.63, 3.8) is 0 Å². The first-order valence-corrected chi connectivity index (χ1v) is 9.43. The van der Waals surface area contributed by atoms with Crippen LogP contribution in [0.1, 0.15) is 62.0 Å². The first-order chi connectivity index (χ1) is 12.8. The van der Waals surface area contributed by atoms with Gasteiger partial charge in [0.25, 0.3) is 0 Å².